The van der Waals surface area contributed by atoms with Crippen molar-refractivity contribution in [2.24, 2.45) is 0 Å². The van der Waals surface area contributed by atoms with Crippen molar-refractivity contribution in [3.05, 3.63) is 63.1 Å². The summed E-state index contributed by atoms with van der Waals surface area (Å²) in [6.45, 7) is 0. The van der Waals surface area contributed by atoms with Crippen LogP contribution in [0.5, 0.6) is 0 Å². The zero-order valence-corrected chi connectivity index (χ0v) is 12.0. The van der Waals surface area contributed by atoms with E-state index in [1.54, 1.807) is 42.5 Å². The standard InChI is InChI=1S/C14H9Cl3N2/c15-10-1-3-13(4-2-10)19-14(8-18)9-5-11(16)7-12(17)6-9/h1-7,14,19H. The van der Waals surface area contributed by atoms with Crippen LogP contribution in [0.3, 0.4) is 0 Å². The van der Waals surface area contributed by atoms with Crippen LogP contribution in [0.15, 0.2) is 42.5 Å². The highest BCUT2D eigenvalue weighted by atomic mass is 35.5. The average molecular weight is 312 g/mol. The second-order valence-corrected chi connectivity index (χ2v) is 5.23. The number of nitrogens with one attached hydrogen (secondary N) is 1. The molecular formula is C14H9Cl3N2. The molecule has 0 amide bonds. The maximum absolute atomic E-state index is 9.25. The Morgan fingerprint density at radius 1 is 0.895 bits per heavy atom. The number of hydrogen-bond donors (Lipinski definition) is 1. The summed E-state index contributed by atoms with van der Waals surface area (Å²) in [5.41, 5.74) is 1.52. The van der Waals surface area contributed by atoms with E-state index < -0.39 is 6.04 Å². The van der Waals surface area contributed by atoms with E-state index in [-0.39, 0.29) is 0 Å². The van der Waals surface area contributed by atoms with Gasteiger partial charge in [-0.3, -0.25) is 0 Å². The van der Waals surface area contributed by atoms with Crippen molar-refractivity contribution < 1.29 is 0 Å². The normalized spacial score (nSPS) is 11.7. The molecule has 0 fully saturated rings. The molecule has 0 aliphatic heterocycles. The van der Waals surface area contributed by atoms with Crippen molar-refractivity contribution in [2.75, 3.05) is 5.32 Å². The highest BCUT2D eigenvalue weighted by Gasteiger charge is 2.11. The quantitative estimate of drug-likeness (QED) is 0.832. The van der Waals surface area contributed by atoms with Gasteiger partial charge in [-0.1, -0.05) is 34.8 Å². The molecule has 2 rings (SSSR count). The highest BCUT2D eigenvalue weighted by Crippen LogP contribution is 2.26. The minimum Gasteiger partial charge on any atom is -0.366 e. The molecule has 1 atom stereocenters. The molecule has 5 heteroatoms. The number of benzene rings is 2. The smallest absolute Gasteiger partial charge is 0.140 e. The van der Waals surface area contributed by atoms with Gasteiger partial charge in [-0.25, -0.2) is 0 Å². The second-order valence-electron chi connectivity index (χ2n) is 3.92. The van der Waals surface area contributed by atoms with Crippen LogP contribution in [0.25, 0.3) is 0 Å². The molecule has 0 spiro atoms. The van der Waals surface area contributed by atoms with E-state index >= 15 is 0 Å². The Morgan fingerprint density at radius 3 is 2.00 bits per heavy atom. The summed E-state index contributed by atoms with van der Waals surface area (Å²) in [5.74, 6) is 0. The molecule has 2 nitrogen and oxygen atoms in total. The van der Waals surface area contributed by atoms with Crippen LogP contribution in [0.2, 0.25) is 15.1 Å². The molecule has 96 valence electrons. The predicted octanol–water partition coefficient (Wildman–Crippen LogP) is 5.32. The van der Waals surface area contributed by atoms with Crippen LogP contribution in [0, 0.1) is 11.3 Å². The van der Waals surface area contributed by atoms with Gasteiger partial charge in [0.15, 0.2) is 0 Å². The molecule has 0 saturated heterocycles. The molecule has 2 aromatic carbocycles. The zero-order valence-electron chi connectivity index (χ0n) is 9.70. The van der Waals surface area contributed by atoms with Gasteiger partial charge in [-0.05, 0) is 48.0 Å². The zero-order chi connectivity index (χ0) is 13.8. The second kappa shape index (κ2) is 6.16. The van der Waals surface area contributed by atoms with Gasteiger partial charge in [0.25, 0.3) is 0 Å². The van der Waals surface area contributed by atoms with Crippen LogP contribution in [0.4, 0.5) is 5.69 Å². The first-order chi connectivity index (χ1) is 9.08. The molecule has 0 saturated carbocycles. The number of halogens is 3. The molecule has 0 aliphatic carbocycles. The van der Waals surface area contributed by atoms with Gasteiger partial charge in [0.2, 0.25) is 0 Å². The van der Waals surface area contributed by atoms with E-state index in [0.717, 1.165) is 11.3 Å². The molecule has 0 radical (unpaired) electrons. The van der Waals surface area contributed by atoms with Gasteiger partial charge in [0.05, 0.1) is 6.07 Å². The monoisotopic (exact) mass is 310 g/mol. The van der Waals surface area contributed by atoms with Crippen LogP contribution < -0.4 is 5.32 Å². The summed E-state index contributed by atoms with van der Waals surface area (Å²) in [6, 6.07) is 13.8. The van der Waals surface area contributed by atoms with E-state index in [1.807, 2.05) is 0 Å². The van der Waals surface area contributed by atoms with E-state index in [0.29, 0.717) is 15.1 Å². The van der Waals surface area contributed by atoms with Gasteiger partial charge in [0, 0.05) is 20.8 Å². The molecule has 2 aromatic rings. The summed E-state index contributed by atoms with van der Waals surface area (Å²) in [7, 11) is 0. The van der Waals surface area contributed by atoms with Crippen molar-refractivity contribution in [3.63, 3.8) is 0 Å². The maximum Gasteiger partial charge on any atom is 0.140 e. The number of rotatable bonds is 3. The summed E-state index contributed by atoms with van der Waals surface area (Å²) < 4.78 is 0. The highest BCUT2D eigenvalue weighted by molar-refractivity contribution is 6.34. The van der Waals surface area contributed by atoms with Gasteiger partial charge >= 0.3 is 0 Å². The lowest BCUT2D eigenvalue weighted by atomic mass is 10.1. The summed E-state index contributed by atoms with van der Waals surface area (Å²) in [4.78, 5) is 0. The number of nitrogens with zero attached hydrogens (tertiary/aromatic N) is 1. The van der Waals surface area contributed by atoms with Crippen LogP contribution in [-0.4, -0.2) is 0 Å². The number of hydrogen-bond acceptors (Lipinski definition) is 2. The number of anilines is 1. The minimum absolute atomic E-state index is 0.501. The molecule has 1 N–H and O–H groups in total. The molecular weight excluding hydrogens is 303 g/mol. The fourth-order valence-electron chi connectivity index (χ4n) is 1.64. The van der Waals surface area contributed by atoms with Crippen molar-refractivity contribution in [3.8, 4) is 6.07 Å². The van der Waals surface area contributed by atoms with Crippen LogP contribution in [0.1, 0.15) is 11.6 Å². The molecule has 19 heavy (non-hydrogen) atoms. The third kappa shape index (κ3) is 3.78. The first kappa shape index (κ1) is 14.0. The third-order valence-electron chi connectivity index (χ3n) is 2.50. The van der Waals surface area contributed by atoms with Crippen molar-refractivity contribution in [1.82, 2.24) is 0 Å². The lowest BCUT2D eigenvalue weighted by Gasteiger charge is -2.14. The van der Waals surface area contributed by atoms with Crippen molar-refractivity contribution in [2.45, 2.75) is 6.04 Å². The first-order valence-electron chi connectivity index (χ1n) is 5.46. The van der Waals surface area contributed by atoms with Gasteiger partial charge in [-0.2, -0.15) is 5.26 Å². The van der Waals surface area contributed by atoms with Gasteiger partial charge in [0.1, 0.15) is 6.04 Å². The third-order valence-corrected chi connectivity index (χ3v) is 3.19. The van der Waals surface area contributed by atoms with Gasteiger partial charge in [-0.15, -0.1) is 0 Å². The van der Waals surface area contributed by atoms with Gasteiger partial charge < -0.3 is 5.32 Å². The molecule has 0 bridgehead atoms. The Kier molecular flexibility index (Phi) is 4.55. The van der Waals surface area contributed by atoms with E-state index in [2.05, 4.69) is 11.4 Å². The predicted molar refractivity (Wildman–Crippen MR) is 79.9 cm³/mol. The summed E-state index contributed by atoms with van der Waals surface area (Å²) in [5, 5.41) is 14.0. The number of nitriles is 1. The average Bonchev–Trinajstić information content (AvgIpc) is 2.37. The van der Waals surface area contributed by atoms with Crippen molar-refractivity contribution >= 4 is 40.5 Å². The van der Waals surface area contributed by atoms with E-state index in [1.165, 1.54) is 0 Å². The van der Waals surface area contributed by atoms with E-state index in [9.17, 15) is 5.26 Å². The molecule has 0 heterocycles. The Hall–Kier alpha value is -1.40. The fraction of sp³-hybridized carbons (Fsp3) is 0.0714. The molecule has 1 unspecified atom stereocenters. The summed E-state index contributed by atoms with van der Waals surface area (Å²) >= 11 is 17.7. The Labute approximate surface area is 126 Å². The lowest BCUT2D eigenvalue weighted by molar-refractivity contribution is 0.998. The largest absolute Gasteiger partial charge is 0.366 e. The maximum atomic E-state index is 9.25. The van der Waals surface area contributed by atoms with Crippen LogP contribution in [-0.2, 0) is 0 Å². The SMILES string of the molecule is N#CC(Nc1ccc(Cl)cc1)c1cc(Cl)cc(Cl)c1. The Morgan fingerprint density at radius 2 is 1.47 bits per heavy atom. The Bertz CT molecular complexity index is 597. The van der Waals surface area contributed by atoms with Crippen molar-refractivity contribution in [1.29, 1.82) is 5.26 Å². The van der Waals surface area contributed by atoms with Crippen LogP contribution >= 0.6 is 34.8 Å². The molecule has 0 aromatic heterocycles. The summed E-state index contributed by atoms with van der Waals surface area (Å²) in [6.07, 6.45) is 0. The topological polar surface area (TPSA) is 35.8 Å². The van der Waals surface area contributed by atoms with E-state index in [4.69, 9.17) is 34.8 Å². The fourth-order valence-corrected chi connectivity index (χ4v) is 2.31. The Balaban J connectivity index is 2.25. The lowest BCUT2D eigenvalue weighted by Crippen LogP contribution is -2.08. The first-order valence-corrected chi connectivity index (χ1v) is 6.59. The minimum atomic E-state index is -0.530. The molecule has 0 aliphatic rings.